The summed E-state index contributed by atoms with van der Waals surface area (Å²) >= 11 is 5.96. The van der Waals surface area contributed by atoms with Crippen molar-refractivity contribution in [3.63, 3.8) is 0 Å². The smallest absolute Gasteiger partial charge is 0.278 e. The maximum Gasteiger partial charge on any atom is 0.329 e. The Morgan fingerprint density at radius 3 is 2.42 bits per heavy atom. The summed E-state index contributed by atoms with van der Waals surface area (Å²) in [6.07, 6.45) is 0. The molecule has 0 aliphatic carbocycles. The van der Waals surface area contributed by atoms with E-state index in [1.807, 2.05) is 0 Å². The third kappa shape index (κ3) is 2.01. The number of anilines is 1. The molecule has 100 valence electrons. The Bertz CT molecular complexity index is 600. The van der Waals surface area contributed by atoms with Gasteiger partial charge < -0.3 is 0 Å². The van der Waals surface area contributed by atoms with E-state index in [1.165, 1.54) is 17.0 Å². The van der Waals surface area contributed by atoms with Crippen LogP contribution in [0.1, 0.15) is 13.8 Å². The van der Waals surface area contributed by atoms with Crippen molar-refractivity contribution < 1.29 is 14.5 Å². The summed E-state index contributed by atoms with van der Waals surface area (Å²) < 4.78 is 0. The number of rotatable bonds is 2. The van der Waals surface area contributed by atoms with Gasteiger partial charge in [-0.1, -0.05) is 11.6 Å². The lowest BCUT2D eigenvalue weighted by atomic mass is 10.0. The number of nitrogens with one attached hydrogen (secondary N) is 1. The highest BCUT2D eigenvalue weighted by Crippen LogP contribution is 2.35. The van der Waals surface area contributed by atoms with Crippen LogP contribution >= 0.6 is 11.6 Å². The van der Waals surface area contributed by atoms with Crippen molar-refractivity contribution in [3.05, 3.63) is 33.3 Å². The molecule has 0 atom stereocenters. The van der Waals surface area contributed by atoms with Crippen molar-refractivity contribution in [2.75, 3.05) is 4.90 Å². The van der Waals surface area contributed by atoms with Gasteiger partial charge in [0.15, 0.2) is 0 Å². The highest BCUT2D eigenvalue weighted by molar-refractivity contribution is 6.34. The van der Waals surface area contributed by atoms with Gasteiger partial charge in [-0.3, -0.25) is 25.1 Å². The number of amides is 3. The molecule has 1 aliphatic heterocycles. The van der Waals surface area contributed by atoms with Crippen LogP contribution in [0.25, 0.3) is 0 Å². The number of hydrogen-bond acceptors (Lipinski definition) is 4. The minimum absolute atomic E-state index is 0.0344. The molecule has 7 nitrogen and oxygen atoms in total. The molecule has 3 amide bonds. The molecule has 1 saturated heterocycles. The fraction of sp³-hybridized carbons (Fsp3) is 0.273. The first-order valence-corrected chi connectivity index (χ1v) is 5.72. The highest BCUT2D eigenvalue weighted by atomic mass is 35.5. The predicted octanol–water partition coefficient (Wildman–Crippen LogP) is 2.08. The van der Waals surface area contributed by atoms with Crippen LogP contribution in [-0.4, -0.2) is 22.4 Å². The van der Waals surface area contributed by atoms with Crippen LogP contribution in [0.5, 0.6) is 0 Å². The van der Waals surface area contributed by atoms with E-state index >= 15 is 0 Å². The molecule has 2 rings (SSSR count). The second-order valence-electron chi connectivity index (χ2n) is 4.55. The van der Waals surface area contributed by atoms with Gasteiger partial charge in [-0.15, -0.1) is 0 Å². The van der Waals surface area contributed by atoms with Crippen LogP contribution in [-0.2, 0) is 4.79 Å². The van der Waals surface area contributed by atoms with Crippen molar-refractivity contribution >= 4 is 34.9 Å². The number of carbonyl (C=O) groups is 2. The lowest BCUT2D eigenvalue weighted by Gasteiger charge is -2.28. The number of imide groups is 1. The minimum Gasteiger partial charge on any atom is -0.278 e. The first kappa shape index (κ1) is 13.3. The summed E-state index contributed by atoms with van der Waals surface area (Å²) in [6.45, 7) is 3.12. The van der Waals surface area contributed by atoms with E-state index in [9.17, 15) is 19.7 Å². The zero-order chi connectivity index (χ0) is 14.4. The molecule has 1 aromatic carbocycles. The molecule has 0 radical (unpaired) electrons. The molecule has 0 saturated carbocycles. The predicted molar refractivity (Wildman–Crippen MR) is 68.2 cm³/mol. The molecule has 1 fully saturated rings. The largest absolute Gasteiger partial charge is 0.329 e. The van der Waals surface area contributed by atoms with E-state index in [4.69, 9.17) is 11.6 Å². The maximum atomic E-state index is 11.8. The van der Waals surface area contributed by atoms with Gasteiger partial charge in [-0.25, -0.2) is 4.79 Å². The third-order valence-electron chi connectivity index (χ3n) is 2.92. The first-order chi connectivity index (χ1) is 8.75. The average molecular weight is 284 g/mol. The number of halogens is 1. The molecule has 1 aliphatic rings. The fourth-order valence-corrected chi connectivity index (χ4v) is 2.12. The third-order valence-corrected chi connectivity index (χ3v) is 3.22. The van der Waals surface area contributed by atoms with E-state index in [1.54, 1.807) is 13.8 Å². The van der Waals surface area contributed by atoms with Gasteiger partial charge in [0.25, 0.3) is 11.6 Å². The number of benzene rings is 1. The molecule has 19 heavy (non-hydrogen) atoms. The Morgan fingerprint density at radius 2 is 2.00 bits per heavy atom. The second-order valence-corrected chi connectivity index (χ2v) is 4.95. The molecule has 1 N–H and O–H groups in total. The molecule has 8 heteroatoms. The zero-order valence-corrected chi connectivity index (χ0v) is 10.9. The van der Waals surface area contributed by atoms with Gasteiger partial charge >= 0.3 is 6.03 Å². The van der Waals surface area contributed by atoms with E-state index in [-0.39, 0.29) is 16.4 Å². The topological polar surface area (TPSA) is 92.6 Å². The van der Waals surface area contributed by atoms with Gasteiger partial charge in [0.2, 0.25) is 0 Å². The van der Waals surface area contributed by atoms with Crippen LogP contribution < -0.4 is 10.2 Å². The summed E-state index contributed by atoms with van der Waals surface area (Å²) in [5, 5.41) is 12.8. The summed E-state index contributed by atoms with van der Waals surface area (Å²) in [7, 11) is 0. The van der Waals surface area contributed by atoms with Gasteiger partial charge in [-0.05, 0) is 19.9 Å². The lowest BCUT2D eigenvalue weighted by Crippen LogP contribution is -2.44. The first-order valence-electron chi connectivity index (χ1n) is 5.34. The quantitative estimate of drug-likeness (QED) is 0.511. The number of carbonyl (C=O) groups excluding carboxylic acids is 2. The fourth-order valence-electron chi connectivity index (χ4n) is 1.86. The van der Waals surface area contributed by atoms with Crippen molar-refractivity contribution in [1.29, 1.82) is 0 Å². The average Bonchev–Trinajstić information content (AvgIpc) is 2.49. The Labute approximate surface area is 113 Å². The van der Waals surface area contributed by atoms with Crippen molar-refractivity contribution in [3.8, 4) is 0 Å². The molecule has 0 bridgehead atoms. The van der Waals surface area contributed by atoms with Crippen molar-refractivity contribution in [2.24, 2.45) is 0 Å². The number of hydrogen-bond donors (Lipinski definition) is 1. The molecular formula is C11H10ClN3O4. The number of nitrogens with zero attached hydrogens (tertiary/aromatic N) is 2. The number of nitro groups is 1. The Morgan fingerprint density at radius 1 is 1.37 bits per heavy atom. The van der Waals surface area contributed by atoms with E-state index < -0.39 is 22.4 Å². The van der Waals surface area contributed by atoms with Crippen molar-refractivity contribution in [2.45, 2.75) is 19.4 Å². The van der Waals surface area contributed by atoms with E-state index in [2.05, 4.69) is 5.32 Å². The summed E-state index contributed by atoms with van der Waals surface area (Å²) in [5.74, 6) is -0.452. The second kappa shape index (κ2) is 4.20. The summed E-state index contributed by atoms with van der Waals surface area (Å²) in [5.41, 5.74) is -1.03. The van der Waals surface area contributed by atoms with Crippen LogP contribution in [0.15, 0.2) is 18.2 Å². The van der Waals surface area contributed by atoms with Gasteiger partial charge in [0.05, 0.1) is 15.6 Å². The monoisotopic (exact) mass is 283 g/mol. The van der Waals surface area contributed by atoms with Gasteiger partial charge in [0, 0.05) is 12.1 Å². The van der Waals surface area contributed by atoms with Crippen LogP contribution in [0.4, 0.5) is 16.2 Å². The van der Waals surface area contributed by atoms with Gasteiger partial charge in [-0.2, -0.15) is 0 Å². The molecule has 0 spiro atoms. The van der Waals surface area contributed by atoms with E-state index in [0.29, 0.717) is 0 Å². The van der Waals surface area contributed by atoms with Crippen LogP contribution in [0.3, 0.4) is 0 Å². The molecular weight excluding hydrogens is 274 g/mol. The summed E-state index contributed by atoms with van der Waals surface area (Å²) in [6, 6.07) is 3.11. The standard InChI is InChI=1S/C11H10ClN3O4/c1-11(2)9(16)13-10(17)14(11)8-4-3-6(15(18)19)5-7(8)12/h3-5H,1-2H3,(H,13,16,17). The molecule has 0 aromatic heterocycles. The SMILES string of the molecule is CC1(C)C(=O)NC(=O)N1c1ccc([N+](=O)[O-])cc1Cl. The van der Waals surface area contributed by atoms with E-state index in [0.717, 1.165) is 6.07 Å². The van der Waals surface area contributed by atoms with Gasteiger partial charge in [0.1, 0.15) is 5.54 Å². The molecule has 1 heterocycles. The molecule has 1 aromatic rings. The zero-order valence-electron chi connectivity index (χ0n) is 10.1. The minimum atomic E-state index is -1.10. The highest BCUT2D eigenvalue weighted by Gasteiger charge is 2.47. The Balaban J connectivity index is 2.51. The van der Waals surface area contributed by atoms with Crippen molar-refractivity contribution in [1.82, 2.24) is 5.32 Å². The lowest BCUT2D eigenvalue weighted by molar-refractivity contribution is -0.384. The number of urea groups is 1. The maximum absolute atomic E-state index is 11.8. The molecule has 0 unspecified atom stereocenters. The normalized spacial score (nSPS) is 17.5. The summed E-state index contributed by atoms with van der Waals surface area (Å²) in [4.78, 5) is 34.6. The van der Waals surface area contributed by atoms with Crippen LogP contribution in [0.2, 0.25) is 5.02 Å². The van der Waals surface area contributed by atoms with Crippen LogP contribution in [0, 0.1) is 10.1 Å². The number of nitro benzene ring substituents is 1. The Kier molecular flexibility index (Phi) is 2.94. The Hall–Kier alpha value is -2.15. The number of non-ortho nitro benzene ring substituents is 1.